The summed E-state index contributed by atoms with van der Waals surface area (Å²) in [7, 11) is 0. The quantitative estimate of drug-likeness (QED) is 0.502. The number of amidine groups is 1. The monoisotopic (exact) mass is 342 g/mol. The maximum atomic E-state index is 10.4. The van der Waals surface area contributed by atoms with Crippen molar-refractivity contribution in [2.45, 2.75) is 45.6 Å². The van der Waals surface area contributed by atoms with Gasteiger partial charge in [-0.15, -0.1) is 0 Å². The second-order valence-corrected chi connectivity index (χ2v) is 5.86. The predicted molar refractivity (Wildman–Crippen MR) is 101 cm³/mol. The van der Waals surface area contributed by atoms with Crippen LogP contribution in [0.5, 0.6) is 0 Å². The lowest BCUT2D eigenvalue weighted by Gasteiger charge is -2.17. The molecule has 1 aromatic rings. The van der Waals surface area contributed by atoms with Gasteiger partial charge in [0.05, 0.1) is 5.70 Å². The number of hydrogen-bond acceptors (Lipinski definition) is 5. The molecule has 7 nitrogen and oxygen atoms in total. The first kappa shape index (κ1) is 18.6. The van der Waals surface area contributed by atoms with Gasteiger partial charge in [0.25, 0.3) is 0 Å². The maximum absolute atomic E-state index is 10.4. The van der Waals surface area contributed by atoms with Crippen LogP contribution in [-0.2, 0) is 17.8 Å². The molecule has 1 aliphatic rings. The molecular weight excluding hydrogens is 316 g/mol. The van der Waals surface area contributed by atoms with E-state index in [1.165, 1.54) is 6.20 Å². The third-order valence-electron chi connectivity index (χ3n) is 4.05. The Morgan fingerprint density at radius 3 is 2.84 bits per heavy atom. The number of fused-ring (bicyclic) bond motifs is 1. The Bertz CT molecular complexity index is 713. The van der Waals surface area contributed by atoms with E-state index in [0.29, 0.717) is 29.5 Å². The number of aryl methyl sites for hydroxylation is 1. The van der Waals surface area contributed by atoms with E-state index in [4.69, 9.17) is 10.7 Å². The molecule has 0 unspecified atom stereocenters. The minimum atomic E-state index is 0.377. The van der Waals surface area contributed by atoms with Crippen LogP contribution in [0.1, 0.15) is 49.8 Å². The summed E-state index contributed by atoms with van der Waals surface area (Å²) in [4.78, 5) is 23.7. The number of imidazole rings is 1. The van der Waals surface area contributed by atoms with E-state index in [1.807, 2.05) is 0 Å². The second kappa shape index (κ2) is 8.96. The molecule has 2 heterocycles. The molecule has 134 valence electrons. The number of carbonyl (C=O) groups is 1. The van der Waals surface area contributed by atoms with Gasteiger partial charge in [0.2, 0.25) is 6.41 Å². The van der Waals surface area contributed by atoms with Crippen LogP contribution in [-0.4, -0.2) is 34.1 Å². The van der Waals surface area contributed by atoms with Crippen LogP contribution in [0.25, 0.3) is 0 Å². The molecular formula is C18H26N6O. The first-order valence-corrected chi connectivity index (χ1v) is 8.63. The fourth-order valence-electron chi connectivity index (χ4n) is 2.86. The number of aromatic nitrogens is 2. The van der Waals surface area contributed by atoms with Gasteiger partial charge >= 0.3 is 0 Å². The largest absolute Gasteiger partial charge is 0.382 e. The summed E-state index contributed by atoms with van der Waals surface area (Å²) < 4.78 is 2.17. The normalized spacial score (nSPS) is 15.0. The average molecular weight is 342 g/mol. The molecule has 0 aromatic carbocycles. The van der Waals surface area contributed by atoms with Crippen molar-refractivity contribution in [1.82, 2.24) is 14.9 Å². The highest BCUT2D eigenvalue weighted by Gasteiger charge is 2.28. The van der Waals surface area contributed by atoms with Crippen molar-refractivity contribution < 1.29 is 4.79 Å². The van der Waals surface area contributed by atoms with E-state index < -0.39 is 0 Å². The fraction of sp³-hybridized carbons (Fsp3) is 0.444. The van der Waals surface area contributed by atoms with Crippen LogP contribution in [0, 0.1) is 0 Å². The molecule has 0 fully saturated rings. The van der Waals surface area contributed by atoms with Gasteiger partial charge in [-0.2, -0.15) is 0 Å². The molecule has 1 aromatic heterocycles. The lowest BCUT2D eigenvalue weighted by Crippen LogP contribution is -2.26. The summed E-state index contributed by atoms with van der Waals surface area (Å²) in [6.45, 7) is 11.2. The summed E-state index contributed by atoms with van der Waals surface area (Å²) in [6.07, 6.45) is 7.02. The van der Waals surface area contributed by atoms with Crippen molar-refractivity contribution in [1.29, 1.82) is 0 Å². The average Bonchev–Trinajstić information content (AvgIpc) is 2.95. The van der Waals surface area contributed by atoms with Gasteiger partial charge in [-0.1, -0.05) is 26.5 Å². The zero-order valence-corrected chi connectivity index (χ0v) is 14.8. The number of unbranched alkanes of at least 4 members (excludes halogenated alkanes) is 2. The summed E-state index contributed by atoms with van der Waals surface area (Å²) >= 11 is 0. The molecule has 7 heteroatoms. The van der Waals surface area contributed by atoms with E-state index in [1.54, 1.807) is 0 Å². The Labute approximate surface area is 148 Å². The second-order valence-electron chi connectivity index (χ2n) is 5.86. The zero-order valence-electron chi connectivity index (χ0n) is 14.8. The highest BCUT2D eigenvalue weighted by Crippen LogP contribution is 2.24. The number of nitrogens with zero attached hydrogens (tertiary/aromatic N) is 4. The van der Waals surface area contributed by atoms with Crippen LogP contribution < -0.4 is 11.1 Å². The third-order valence-corrected chi connectivity index (χ3v) is 4.05. The Balaban J connectivity index is 2.38. The number of nitrogens with one attached hydrogen (secondary N) is 1. The number of amides is 1. The number of nitrogens with two attached hydrogens (primary N) is 1. The van der Waals surface area contributed by atoms with Gasteiger partial charge in [-0.25, -0.2) is 9.98 Å². The Kier molecular flexibility index (Phi) is 6.68. The third kappa shape index (κ3) is 4.23. The molecule has 0 bridgehead atoms. The molecule has 3 N–H and O–H groups in total. The number of allylic oxidation sites excluding steroid dienone is 1. The first-order valence-electron chi connectivity index (χ1n) is 8.63. The maximum Gasteiger partial charge on any atom is 0.207 e. The lowest BCUT2D eigenvalue weighted by atomic mass is 10.1. The van der Waals surface area contributed by atoms with Crippen molar-refractivity contribution in [2.75, 3.05) is 6.54 Å². The molecule has 0 radical (unpaired) electrons. The molecule has 0 saturated carbocycles. The van der Waals surface area contributed by atoms with Crippen LogP contribution >= 0.6 is 0 Å². The standard InChI is InChI=1S/C18H26N6O/c1-4-6-9-14-23-16-17(24(14)11-8-7-10-20-12-25)15(21-5-2)13(3)22-18(16)19/h5,12H,2-4,6-11H2,1H3,(H2,19,22)(H,20,25). The van der Waals surface area contributed by atoms with Crippen LogP contribution in [0.2, 0.25) is 0 Å². The molecule has 1 amide bonds. The van der Waals surface area contributed by atoms with Gasteiger partial charge in [0.15, 0.2) is 5.84 Å². The number of rotatable bonds is 10. The molecule has 0 aliphatic carbocycles. The molecule has 2 rings (SSSR count). The van der Waals surface area contributed by atoms with Crippen LogP contribution in [0.4, 0.5) is 0 Å². The fourth-order valence-corrected chi connectivity index (χ4v) is 2.86. The SMILES string of the molecule is C=CN=C1C(=C)N=C(N)c2nc(CCCC)n(CCCCNC=O)c21. The first-order chi connectivity index (χ1) is 12.1. The Morgan fingerprint density at radius 2 is 2.16 bits per heavy atom. The summed E-state index contributed by atoms with van der Waals surface area (Å²) in [5, 5.41) is 2.69. The summed E-state index contributed by atoms with van der Waals surface area (Å²) in [5.74, 6) is 1.36. The molecule has 0 atom stereocenters. The van der Waals surface area contributed by atoms with Crippen molar-refractivity contribution in [2.24, 2.45) is 15.7 Å². The highest BCUT2D eigenvalue weighted by atomic mass is 16.1. The van der Waals surface area contributed by atoms with E-state index in [9.17, 15) is 4.79 Å². The van der Waals surface area contributed by atoms with Crippen molar-refractivity contribution in [3.63, 3.8) is 0 Å². The smallest absolute Gasteiger partial charge is 0.207 e. The Morgan fingerprint density at radius 1 is 1.36 bits per heavy atom. The molecule has 0 saturated heterocycles. The Hall–Kier alpha value is -2.70. The zero-order chi connectivity index (χ0) is 18.2. The predicted octanol–water partition coefficient (Wildman–Crippen LogP) is 1.92. The van der Waals surface area contributed by atoms with Gasteiger partial charge in [0, 0.05) is 25.7 Å². The van der Waals surface area contributed by atoms with E-state index >= 15 is 0 Å². The van der Waals surface area contributed by atoms with E-state index in [0.717, 1.165) is 56.6 Å². The topological polar surface area (TPSA) is 97.7 Å². The van der Waals surface area contributed by atoms with Crippen molar-refractivity contribution in [3.05, 3.63) is 42.3 Å². The number of aliphatic imine (C=N–C) groups is 2. The minimum absolute atomic E-state index is 0.377. The van der Waals surface area contributed by atoms with Gasteiger partial charge in [0.1, 0.15) is 22.9 Å². The number of carbonyl (C=O) groups excluding carboxylic acids is 1. The highest BCUT2D eigenvalue weighted by molar-refractivity contribution is 6.21. The van der Waals surface area contributed by atoms with Gasteiger partial charge < -0.3 is 15.6 Å². The molecule has 25 heavy (non-hydrogen) atoms. The summed E-state index contributed by atoms with van der Waals surface area (Å²) in [5.41, 5.74) is 8.81. The van der Waals surface area contributed by atoms with Crippen molar-refractivity contribution in [3.8, 4) is 0 Å². The van der Waals surface area contributed by atoms with E-state index in [-0.39, 0.29) is 0 Å². The number of hydrogen-bond donors (Lipinski definition) is 2. The summed E-state index contributed by atoms with van der Waals surface area (Å²) in [6, 6.07) is 0. The van der Waals surface area contributed by atoms with Gasteiger partial charge in [-0.3, -0.25) is 9.79 Å². The van der Waals surface area contributed by atoms with Crippen LogP contribution in [0.15, 0.2) is 35.0 Å². The van der Waals surface area contributed by atoms with Crippen molar-refractivity contribution >= 4 is 18.0 Å². The van der Waals surface area contributed by atoms with E-state index in [2.05, 4.69) is 40.0 Å². The lowest BCUT2D eigenvalue weighted by molar-refractivity contribution is -0.109. The minimum Gasteiger partial charge on any atom is -0.382 e. The molecule has 1 aliphatic heterocycles. The molecule has 0 spiro atoms. The van der Waals surface area contributed by atoms with Crippen LogP contribution in [0.3, 0.4) is 0 Å². The van der Waals surface area contributed by atoms with Gasteiger partial charge in [-0.05, 0) is 19.3 Å².